The Balaban J connectivity index is 1.35. The van der Waals surface area contributed by atoms with Crippen LogP contribution in [0.2, 0.25) is 0 Å². The van der Waals surface area contributed by atoms with Crippen LogP contribution in [0.5, 0.6) is 5.75 Å². The van der Waals surface area contributed by atoms with Crippen molar-refractivity contribution >= 4 is 17.7 Å². The molecule has 2 aliphatic rings. The van der Waals surface area contributed by atoms with E-state index in [0.29, 0.717) is 39.3 Å². The van der Waals surface area contributed by atoms with E-state index >= 15 is 0 Å². The fourth-order valence-corrected chi connectivity index (χ4v) is 4.35. The Morgan fingerprint density at radius 2 is 2.06 bits per heavy atom. The Bertz CT molecular complexity index is 1090. The molecule has 5 rings (SSSR count). The van der Waals surface area contributed by atoms with Crippen LogP contribution in [0.4, 0.5) is 10.7 Å². The first kappa shape index (κ1) is 19.6. The number of amides is 1. The summed E-state index contributed by atoms with van der Waals surface area (Å²) in [6.45, 7) is 3.50. The van der Waals surface area contributed by atoms with Gasteiger partial charge >= 0.3 is 6.09 Å². The molecule has 3 aromatic rings. The molecule has 1 unspecified atom stereocenters. The number of ether oxygens (including phenoxy) is 1. The van der Waals surface area contributed by atoms with Gasteiger partial charge in [0, 0.05) is 57.7 Å². The molecule has 1 N–H and O–H groups in total. The van der Waals surface area contributed by atoms with Gasteiger partial charge in [0.1, 0.15) is 11.4 Å². The molecule has 0 bridgehead atoms. The van der Waals surface area contributed by atoms with E-state index < -0.39 is 6.09 Å². The second-order valence-corrected chi connectivity index (χ2v) is 7.92. The Hall–Kier alpha value is -3.40. The lowest BCUT2D eigenvalue weighted by atomic mass is 10.1. The zero-order valence-corrected chi connectivity index (χ0v) is 17.4. The summed E-state index contributed by atoms with van der Waals surface area (Å²) in [4.78, 5) is 30.9. The molecule has 10 heteroatoms. The van der Waals surface area contributed by atoms with Gasteiger partial charge in [0.05, 0.1) is 24.0 Å². The number of anilines is 1. The molecular formula is C21H25N7O3. The van der Waals surface area contributed by atoms with Crippen LogP contribution in [0.25, 0.3) is 5.65 Å². The van der Waals surface area contributed by atoms with Gasteiger partial charge in [0.2, 0.25) is 5.95 Å². The van der Waals surface area contributed by atoms with Crippen LogP contribution in [-0.2, 0) is 6.54 Å². The maximum Gasteiger partial charge on any atom is 0.407 e. The summed E-state index contributed by atoms with van der Waals surface area (Å²) in [6.07, 6.45) is 5.60. The Morgan fingerprint density at radius 1 is 1.23 bits per heavy atom. The molecule has 0 radical (unpaired) electrons. The van der Waals surface area contributed by atoms with E-state index in [1.165, 1.54) is 4.90 Å². The molecule has 1 atom stereocenters. The third-order valence-corrected chi connectivity index (χ3v) is 5.95. The largest absolute Gasteiger partial charge is 0.492 e. The standard InChI is InChI=1S/C21H25N7O3/c1-25(16-5-12-31-17-3-2-6-22-19(16)17)13-15-14-28-18(24-15)4-7-23-20(28)26-8-10-27(11-9-26)21(29)30/h2-4,6-7,14,16H,5,8-13H2,1H3,(H,29,30). The molecule has 1 amide bonds. The maximum atomic E-state index is 11.2. The molecule has 3 aromatic heterocycles. The van der Waals surface area contributed by atoms with Crippen molar-refractivity contribution in [1.82, 2.24) is 29.2 Å². The second kappa shape index (κ2) is 8.03. The van der Waals surface area contributed by atoms with Crippen LogP contribution in [0.15, 0.2) is 36.8 Å². The smallest absolute Gasteiger partial charge is 0.407 e. The minimum atomic E-state index is -0.872. The van der Waals surface area contributed by atoms with Gasteiger partial charge in [0.15, 0.2) is 0 Å². The van der Waals surface area contributed by atoms with Crippen LogP contribution >= 0.6 is 0 Å². The molecule has 1 saturated heterocycles. The highest BCUT2D eigenvalue weighted by Gasteiger charge is 2.27. The summed E-state index contributed by atoms with van der Waals surface area (Å²) in [5, 5.41) is 9.18. The summed E-state index contributed by atoms with van der Waals surface area (Å²) in [6, 6.07) is 5.94. The number of nitrogens with zero attached hydrogens (tertiary/aromatic N) is 7. The van der Waals surface area contributed by atoms with Crippen molar-refractivity contribution in [3.8, 4) is 5.75 Å². The van der Waals surface area contributed by atoms with E-state index in [2.05, 4.69) is 26.8 Å². The van der Waals surface area contributed by atoms with Gasteiger partial charge in [-0.05, 0) is 25.2 Å². The molecule has 31 heavy (non-hydrogen) atoms. The predicted molar refractivity (Wildman–Crippen MR) is 113 cm³/mol. The molecule has 0 spiro atoms. The lowest BCUT2D eigenvalue weighted by molar-refractivity contribution is 0.142. The second-order valence-electron chi connectivity index (χ2n) is 7.92. The number of pyridine rings is 1. The fourth-order valence-electron chi connectivity index (χ4n) is 4.35. The first-order valence-corrected chi connectivity index (χ1v) is 10.4. The highest BCUT2D eigenvalue weighted by Crippen LogP contribution is 2.34. The third kappa shape index (κ3) is 3.74. The number of aromatic nitrogens is 4. The third-order valence-electron chi connectivity index (χ3n) is 5.95. The van der Waals surface area contributed by atoms with E-state index in [1.54, 1.807) is 12.4 Å². The topological polar surface area (TPSA) is 99.3 Å². The molecule has 10 nitrogen and oxygen atoms in total. The molecule has 162 valence electrons. The lowest BCUT2D eigenvalue weighted by Gasteiger charge is -2.33. The Labute approximate surface area is 179 Å². The summed E-state index contributed by atoms with van der Waals surface area (Å²) >= 11 is 0. The number of hydrogen-bond acceptors (Lipinski definition) is 7. The predicted octanol–water partition coefficient (Wildman–Crippen LogP) is 1.88. The molecule has 1 fully saturated rings. The number of rotatable bonds is 4. The number of fused-ring (bicyclic) bond motifs is 2. The van der Waals surface area contributed by atoms with Crippen molar-refractivity contribution in [2.24, 2.45) is 0 Å². The van der Waals surface area contributed by atoms with E-state index in [9.17, 15) is 9.90 Å². The van der Waals surface area contributed by atoms with E-state index in [-0.39, 0.29) is 6.04 Å². The molecule has 0 aliphatic carbocycles. The normalized spacial score (nSPS) is 18.8. The van der Waals surface area contributed by atoms with Crippen molar-refractivity contribution in [2.45, 2.75) is 19.0 Å². The fraction of sp³-hybridized carbons (Fsp3) is 0.429. The van der Waals surface area contributed by atoms with Gasteiger partial charge in [-0.25, -0.2) is 14.8 Å². The van der Waals surface area contributed by atoms with Gasteiger partial charge in [-0.3, -0.25) is 14.3 Å². The van der Waals surface area contributed by atoms with Gasteiger partial charge in [-0.15, -0.1) is 0 Å². The molecule has 5 heterocycles. The number of piperazine rings is 1. The first-order valence-electron chi connectivity index (χ1n) is 10.4. The molecule has 0 saturated carbocycles. The number of imidazole rings is 1. The van der Waals surface area contributed by atoms with E-state index in [0.717, 1.165) is 35.2 Å². The molecular weight excluding hydrogens is 398 g/mol. The quantitative estimate of drug-likeness (QED) is 0.679. The number of carbonyl (C=O) groups is 1. The number of hydrogen-bond donors (Lipinski definition) is 1. The summed E-state index contributed by atoms with van der Waals surface area (Å²) in [5.74, 6) is 1.65. The average molecular weight is 423 g/mol. The van der Waals surface area contributed by atoms with Gasteiger partial charge in [-0.2, -0.15) is 0 Å². The Morgan fingerprint density at radius 3 is 2.87 bits per heavy atom. The summed E-state index contributed by atoms with van der Waals surface area (Å²) in [7, 11) is 2.09. The van der Waals surface area contributed by atoms with Gasteiger partial charge in [-0.1, -0.05) is 0 Å². The highest BCUT2D eigenvalue weighted by atomic mass is 16.5. The summed E-state index contributed by atoms with van der Waals surface area (Å²) in [5.41, 5.74) is 2.75. The van der Waals surface area contributed by atoms with Gasteiger partial charge in [0.25, 0.3) is 0 Å². The monoisotopic (exact) mass is 423 g/mol. The maximum absolute atomic E-state index is 11.2. The minimum absolute atomic E-state index is 0.177. The average Bonchev–Trinajstić information content (AvgIpc) is 3.21. The van der Waals surface area contributed by atoms with Crippen LogP contribution in [0.1, 0.15) is 23.9 Å². The van der Waals surface area contributed by atoms with Crippen molar-refractivity contribution < 1.29 is 14.6 Å². The van der Waals surface area contributed by atoms with Crippen LogP contribution < -0.4 is 9.64 Å². The van der Waals surface area contributed by atoms with Crippen molar-refractivity contribution in [1.29, 1.82) is 0 Å². The molecule has 2 aliphatic heterocycles. The highest BCUT2D eigenvalue weighted by molar-refractivity contribution is 5.65. The van der Waals surface area contributed by atoms with Crippen LogP contribution in [-0.4, -0.2) is 80.2 Å². The Kier molecular flexibility index (Phi) is 5.06. The molecule has 0 aromatic carbocycles. The van der Waals surface area contributed by atoms with Crippen molar-refractivity contribution in [3.63, 3.8) is 0 Å². The zero-order valence-electron chi connectivity index (χ0n) is 17.4. The SMILES string of the molecule is CN(Cc1cn2c(N3CCN(C(=O)O)CC3)nccc2n1)C1CCOc2cccnc21. The number of carboxylic acid groups (broad SMARTS) is 1. The van der Waals surface area contributed by atoms with Crippen molar-refractivity contribution in [2.75, 3.05) is 44.7 Å². The first-order chi connectivity index (χ1) is 15.1. The minimum Gasteiger partial charge on any atom is -0.492 e. The van der Waals surface area contributed by atoms with Gasteiger partial charge < -0.3 is 19.6 Å². The summed E-state index contributed by atoms with van der Waals surface area (Å²) < 4.78 is 7.74. The van der Waals surface area contributed by atoms with Crippen LogP contribution in [0, 0.1) is 0 Å². The van der Waals surface area contributed by atoms with E-state index in [4.69, 9.17) is 9.72 Å². The van der Waals surface area contributed by atoms with E-state index in [1.807, 2.05) is 28.8 Å². The zero-order chi connectivity index (χ0) is 21.4. The lowest BCUT2D eigenvalue weighted by Crippen LogP contribution is -2.49. The van der Waals surface area contributed by atoms with Crippen molar-refractivity contribution in [3.05, 3.63) is 48.2 Å². The van der Waals surface area contributed by atoms with Crippen LogP contribution in [0.3, 0.4) is 0 Å².